The highest BCUT2D eigenvalue weighted by atomic mass is 16.5. The SMILES string of the molecule is COC(CN)Cc1nc(-c2ccccc2)n[nH]1. The van der Waals surface area contributed by atoms with Gasteiger partial charge in [0.05, 0.1) is 6.10 Å². The molecule has 1 unspecified atom stereocenters. The van der Waals surface area contributed by atoms with Crippen molar-refractivity contribution in [1.29, 1.82) is 0 Å². The lowest BCUT2D eigenvalue weighted by molar-refractivity contribution is 0.108. The zero-order valence-corrected chi connectivity index (χ0v) is 9.76. The number of nitrogens with two attached hydrogens (primary N) is 1. The van der Waals surface area contributed by atoms with Gasteiger partial charge in [-0.25, -0.2) is 4.98 Å². The fourth-order valence-electron chi connectivity index (χ4n) is 1.58. The Morgan fingerprint density at radius 1 is 1.35 bits per heavy atom. The quantitative estimate of drug-likeness (QED) is 0.806. The van der Waals surface area contributed by atoms with Crippen LogP contribution in [0.3, 0.4) is 0 Å². The molecule has 1 aromatic heterocycles. The molecule has 0 spiro atoms. The molecule has 90 valence electrons. The summed E-state index contributed by atoms with van der Waals surface area (Å²) in [6.45, 7) is 0.470. The topological polar surface area (TPSA) is 76.8 Å². The third-order valence-corrected chi connectivity index (χ3v) is 2.58. The molecule has 0 saturated carbocycles. The van der Waals surface area contributed by atoms with Gasteiger partial charge in [-0.3, -0.25) is 5.10 Å². The maximum atomic E-state index is 5.56. The molecule has 3 N–H and O–H groups in total. The summed E-state index contributed by atoms with van der Waals surface area (Å²) >= 11 is 0. The molecular weight excluding hydrogens is 216 g/mol. The molecule has 17 heavy (non-hydrogen) atoms. The van der Waals surface area contributed by atoms with Crippen molar-refractivity contribution in [2.24, 2.45) is 5.73 Å². The lowest BCUT2D eigenvalue weighted by atomic mass is 10.2. The third kappa shape index (κ3) is 2.89. The number of ether oxygens (including phenoxy) is 1. The maximum Gasteiger partial charge on any atom is 0.181 e. The Bertz CT molecular complexity index is 451. The fourth-order valence-corrected chi connectivity index (χ4v) is 1.58. The van der Waals surface area contributed by atoms with Crippen molar-refractivity contribution in [3.63, 3.8) is 0 Å². The van der Waals surface area contributed by atoms with Crippen LogP contribution in [0.15, 0.2) is 30.3 Å². The van der Waals surface area contributed by atoms with Gasteiger partial charge in [0.25, 0.3) is 0 Å². The predicted molar refractivity (Wildman–Crippen MR) is 65.4 cm³/mol. The maximum absolute atomic E-state index is 5.56. The highest BCUT2D eigenvalue weighted by Crippen LogP contribution is 2.13. The van der Waals surface area contributed by atoms with E-state index in [1.54, 1.807) is 7.11 Å². The minimum Gasteiger partial charge on any atom is -0.380 e. The standard InChI is InChI=1S/C12H16N4O/c1-17-10(8-13)7-11-14-12(16-15-11)9-5-3-2-4-6-9/h2-6,10H,7-8,13H2,1H3,(H,14,15,16). The second kappa shape index (κ2) is 5.56. The molecule has 0 fully saturated rings. The summed E-state index contributed by atoms with van der Waals surface area (Å²) in [5.74, 6) is 1.49. The van der Waals surface area contributed by atoms with E-state index in [1.165, 1.54) is 0 Å². The number of benzene rings is 1. The largest absolute Gasteiger partial charge is 0.380 e. The van der Waals surface area contributed by atoms with E-state index < -0.39 is 0 Å². The fraction of sp³-hybridized carbons (Fsp3) is 0.333. The van der Waals surface area contributed by atoms with E-state index in [4.69, 9.17) is 10.5 Å². The molecule has 5 heteroatoms. The molecule has 2 aromatic rings. The monoisotopic (exact) mass is 232 g/mol. The van der Waals surface area contributed by atoms with E-state index >= 15 is 0 Å². The van der Waals surface area contributed by atoms with Crippen molar-refractivity contribution < 1.29 is 4.74 Å². The second-order valence-electron chi connectivity index (χ2n) is 3.77. The van der Waals surface area contributed by atoms with Crippen LogP contribution in [0.5, 0.6) is 0 Å². The predicted octanol–water partition coefficient (Wildman–Crippen LogP) is 0.988. The van der Waals surface area contributed by atoms with E-state index in [0.717, 1.165) is 11.4 Å². The summed E-state index contributed by atoms with van der Waals surface area (Å²) in [5, 5.41) is 7.08. The molecule has 0 aliphatic heterocycles. The summed E-state index contributed by atoms with van der Waals surface area (Å²) in [4.78, 5) is 4.41. The zero-order valence-electron chi connectivity index (χ0n) is 9.76. The Balaban J connectivity index is 2.11. The average molecular weight is 232 g/mol. The van der Waals surface area contributed by atoms with Gasteiger partial charge in [0.1, 0.15) is 5.82 Å². The number of hydrogen-bond acceptors (Lipinski definition) is 4. The van der Waals surface area contributed by atoms with Gasteiger partial charge in [-0.2, -0.15) is 5.10 Å². The molecule has 0 amide bonds. The van der Waals surface area contributed by atoms with E-state index in [9.17, 15) is 0 Å². The Morgan fingerprint density at radius 3 is 2.76 bits per heavy atom. The molecule has 2 rings (SSSR count). The van der Waals surface area contributed by atoms with Gasteiger partial charge in [-0.05, 0) is 0 Å². The zero-order chi connectivity index (χ0) is 12.1. The van der Waals surface area contributed by atoms with Gasteiger partial charge in [-0.15, -0.1) is 0 Å². The summed E-state index contributed by atoms with van der Waals surface area (Å²) in [7, 11) is 1.64. The molecule has 0 bridgehead atoms. The van der Waals surface area contributed by atoms with Crippen LogP contribution < -0.4 is 5.73 Å². The van der Waals surface area contributed by atoms with Crippen molar-refractivity contribution in [2.75, 3.05) is 13.7 Å². The number of H-pyrrole nitrogens is 1. The Labute approximate surface area is 100 Å². The van der Waals surface area contributed by atoms with Crippen LogP contribution in [0.25, 0.3) is 11.4 Å². The highest BCUT2D eigenvalue weighted by Gasteiger charge is 2.10. The number of nitrogens with one attached hydrogen (secondary N) is 1. The molecule has 1 atom stereocenters. The van der Waals surface area contributed by atoms with Gasteiger partial charge in [0.15, 0.2) is 5.82 Å². The van der Waals surface area contributed by atoms with Crippen LogP contribution in [-0.4, -0.2) is 34.9 Å². The first kappa shape index (κ1) is 11.8. The van der Waals surface area contributed by atoms with Crippen molar-refractivity contribution in [3.05, 3.63) is 36.2 Å². The normalized spacial score (nSPS) is 12.6. The van der Waals surface area contributed by atoms with E-state index in [1.807, 2.05) is 30.3 Å². The Kier molecular flexibility index (Phi) is 3.85. The molecule has 5 nitrogen and oxygen atoms in total. The van der Waals surface area contributed by atoms with Gasteiger partial charge in [-0.1, -0.05) is 30.3 Å². The number of aromatic nitrogens is 3. The van der Waals surface area contributed by atoms with Crippen LogP contribution in [0.1, 0.15) is 5.82 Å². The summed E-state index contributed by atoms with van der Waals surface area (Å²) in [5.41, 5.74) is 6.56. The van der Waals surface area contributed by atoms with Crippen LogP contribution in [0.4, 0.5) is 0 Å². The number of hydrogen-bond donors (Lipinski definition) is 2. The molecular formula is C12H16N4O. The molecule has 0 saturated heterocycles. The summed E-state index contributed by atoms with van der Waals surface area (Å²) in [6, 6.07) is 9.84. The third-order valence-electron chi connectivity index (χ3n) is 2.58. The summed E-state index contributed by atoms with van der Waals surface area (Å²) < 4.78 is 5.21. The number of rotatable bonds is 5. The minimum absolute atomic E-state index is 0.0217. The summed E-state index contributed by atoms with van der Waals surface area (Å²) in [6.07, 6.45) is 0.624. The van der Waals surface area contributed by atoms with Gasteiger partial charge >= 0.3 is 0 Å². The van der Waals surface area contributed by atoms with Crippen molar-refractivity contribution in [1.82, 2.24) is 15.2 Å². The molecule has 1 heterocycles. The molecule has 0 aliphatic carbocycles. The highest BCUT2D eigenvalue weighted by molar-refractivity contribution is 5.53. The first-order valence-electron chi connectivity index (χ1n) is 5.53. The lowest BCUT2D eigenvalue weighted by Gasteiger charge is -2.09. The van der Waals surface area contributed by atoms with Crippen LogP contribution >= 0.6 is 0 Å². The number of aromatic amines is 1. The van der Waals surface area contributed by atoms with Gasteiger partial charge in [0.2, 0.25) is 0 Å². The first-order valence-corrected chi connectivity index (χ1v) is 5.53. The lowest BCUT2D eigenvalue weighted by Crippen LogP contribution is -2.25. The minimum atomic E-state index is -0.0217. The van der Waals surface area contributed by atoms with E-state index in [-0.39, 0.29) is 6.10 Å². The van der Waals surface area contributed by atoms with Crippen LogP contribution in [-0.2, 0) is 11.2 Å². The Hall–Kier alpha value is -1.72. The van der Waals surface area contributed by atoms with Gasteiger partial charge < -0.3 is 10.5 Å². The smallest absolute Gasteiger partial charge is 0.181 e. The average Bonchev–Trinajstić information content (AvgIpc) is 2.85. The van der Waals surface area contributed by atoms with Crippen LogP contribution in [0.2, 0.25) is 0 Å². The molecule has 1 aromatic carbocycles. The molecule has 0 radical (unpaired) electrons. The second-order valence-corrected chi connectivity index (χ2v) is 3.77. The number of nitrogens with zero attached hydrogens (tertiary/aromatic N) is 2. The van der Waals surface area contributed by atoms with Crippen molar-refractivity contribution in [2.45, 2.75) is 12.5 Å². The molecule has 0 aliphatic rings. The van der Waals surface area contributed by atoms with Crippen LogP contribution in [0, 0.1) is 0 Å². The van der Waals surface area contributed by atoms with Crippen molar-refractivity contribution >= 4 is 0 Å². The van der Waals surface area contributed by atoms with Crippen molar-refractivity contribution in [3.8, 4) is 11.4 Å². The first-order chi connectivity index (χ1) is 8.33. The van der Waals surface area contributed by atoms with E-state index in [2.05, 4.69) is 15.2 Å². The van der Waals surface area contributed by atoms with E-state index in [0.29, 0.717) is 18.8 Å². The number of methoxy groups -OCH3 is 1. The Morgan fingerprint density at radius 2 is 2.12 bits per heavy atom. The van der Waals surface area contributed by atoms with Gasteiger partial charge in [0, 0.05) is 25.6 Å².